The number of benzene rings is 1. The smallest absolute Gasteiger partial charge is 0.359 e. The second-order valence-corrected chi connectivity index (χ2v) is 3.90. The van der Waals surface area contributed by atoms with Crippen molar-refractivity contribution < 1.29 is 18.1 Å². The van der Waals surface area contributed by atoms with Crippen LogP contribution < -0.4 is 5.32 Å². The molecule has 0 fully saturated rings. The van der Waals surface area contributed by atoms with E-state index in [9.17, 15) is 23.3 Å². The van der Waals surface area contributed by atoms with E-state index >= 15 is 0 Å². The van der Waals surface area contributed by atoms with Crippen LogP contribution in [0.5, 0.6) is 0 Å². The number of nitro groups is 1. The van der Waals surface area contributed by atoms with Crippen LogP contribution in [0.2, 0.25) is 0 Å². The molecule has 2 aromatic rings. The Balaban J connectivity index is 2.43. The van der Waals surface area contributed by atoms with Crippen molar-refractivity contribution in [3.8, 4) is 0 Å². The molecule has 2 rings (SSSR count). The molecule has 0 saturated heterocycles. The molecule has 0 radical (unpaired) electrons. The van der Waals surface area contributed by atoms with Gasteiger partial charge in [-0.15, -0.1) is 0 Å². The van der Waals surface area contributed by atoms with Crippen molar-refractivity contribution in [1.82, 2.24) is 9.78 Å². The van der Waals surface area contributed by atoms with Gasteiger partial charge in [0, 0.05) is 19.2 Å². The number of rotatable bonds is 3. The maximum atomic E-state index is 12.2. The van der Waals surface area contributed by atoms with Gasteiger partial charge in [0.05, 0.1) is 15.8 Å². The maximum Gasteiger partial charge on any atom is 0.405 e. The average molecular weight is 274 g/mol. The van der Waals surface area contributed by atoms with Crippen LogP contribution in [-0.4, -0.2) is 27.4 Å². The first-order valence-corrected chi connectivity index (χ1v) is 5.20. The molecular formula is C10H9F3N4O2. The largest absolute Gasteiger partial charge is 0.405 e. The lowest BCUT2D eigenvalue weighted by Crippen LogP contribution is -2.21. The highest BCUT2D eigenvalue weighted by Crippen LogP contribution is 2.27. The van der Waals surface area contributed by atoms with Crippen molar-refractivity contribution in [2.45, 2.75) is 6.18 Å². The fraction of sp³-hybridized carbons (Fsp3) is 0.300. The predicted octanol–water partition coefficient (Wildman–Crippen LogP) is 2.46. The zero-order valence-corrected chi connectivity index (χ0v) is 9.73. The van der Waals surface area contributed by atoms with E-state index in [0.717, 1.165) is 0 Å². The van der Waals surface area contributed by atoms with Crippen LogP contribution in [0.25, 0.3) is 10.9 Å². The number of nitro benzene ring substituents is 1. The number of anilines is 1. The minimum absolute atomic E-state index is 0.0291. The Morgan fingerprint density at radius 2 is 2.16 bits per heavy atom. The van der Waals surface area contributed by atoms with Crippen LogP contribution in [0, 0.1) is 10.1 Å². The standard InChI is InChI=1S/C10H9F3N4O2/c1-16-8-3-2-6(17(18)19)4-7(8)9(15-16)14-5-10(11,12)13/h2-4H,5H2,1H3,(H,14,15). The van der Waals surface area contributed by atoms with Crippen LogP contribution in [0.4, 0.5) is 24.7 Å². The van der Waals surface area contributed by atoms with Crippen molar-refractivity contribution in [2.75, 3.05) is 11.9 Å². The van der Waals surface area contributed by atoms with Crippen LogP contribution in [0.1, 0.15) is 0 Å². The van der Waals surface area contributed by atoms with E-state index in [4.69, 9.17) is 0 Å². The number of hydrogen-bond acceptors (Lipinski definition) is 4. The number of alkyl halides is 3. The van der Waals surface area contributed by atoms with Crippen molar-refractivity contribution in [3.63, 3.8) is 0 Å². The summed E-state index contributed by atoms with van der Waals surface area (Å²) >= 11 is 0. The second kappa shape index (κ2) is 4.41. The normalized spacial score (nSPS) is 11.8. The highest BCUT2D eigenvalue weighted by atomic mass is 19.4. The van der Waals surface area contributed by atoms with Crippen LogP contribution >= 0.6 is 0 Å². The Bertz CT molecular complexity index is 635. The molecule has 0 aliphatic carbocycles. The third kappa shape index (κ3) is 2.75. The molecule has 0 spiro atoms. The zero-order valence-electron chi connectivity index (χ0n) is 9.73. The van der Waals surface area contributed by atoms with Gasteiger partial charge in [-0.1, -0.05) is 0 Å². The Labute approximate surface area is 105 Å². The number of nitrogens with one attached hydrogen (secondary N) is 1. The summed E-state index contributed by atoms with van der Waals surface area (Å²) in [7, 11) is 1.55. The van der Waals surface area contributed by atoms with Gasteiger partial charge < -0.3 is 5.32 Å². The number of nitrogens with zero attached hydrogens (tertiary/aromatic N) is 3. The quantitative estimate of drug-likeness (QED) is 0.689. The highest BCUT2D eigenvalue weighted by molar-refractivity contribution is 5.91. The lowest BCUT2D eigenvalue weighted by molar-refractivity contribution is -0.384. The minimum atomic E-state index is -4.38. The molecule has 0 aliphatic heterocycles. The average Bonchev–Trinajstić information content (AvgIpc) is 2.62. The van der Waals surface area contributed by atoms with Crippen LogP contribution in [0.3, 0.4) is 0 Å². The van der Waals surface area contributed by atoms with Crippen LogP contribution in [-0.2, 0) is 7.05 Å². The van der Waals surface area contributed by atoms with Crippen molar-refractivity contribution >= 4 is 22.4 Å². The summed E-state index contributed by atoms with van der Waals surface area (Å²) in [4.78, 5) is 10.0. The summed E-state index contributed by atoms with van der Waals surface area (Å²) in [5, 5.41) is 16.9. The Kier molecular flexibility index (Phi) is 3.05. The molecule has 19 heavy (non-hydrogen) atoms. The summed E-state index contributed by atoms with van der Waals surface area (Å²) in [5.41, 5.74) is 0.311. The molecule has 1 heterocycles. The maximum absolute atomic E-state index is 12.2. The first kappa shape index (κ1) is 13.1. The number of halogens is 3. The summed E-state index contributed by atoms with van der Waals surface area (Å²) in [6, 6.07) is 3.91. The molecule has 0 bridgehead atoms. The molecule has 0 unspecified atom stereocenters. The van der Waals surface area contributed by atoms with Gasteiger partial charge in [0.25, 0.3) is 5.69 Å². The van der Waals surface area contributed by atoms with Crippen molar-refractivity contribution in [1.29, 1.82) is 0 Å². The molecule has 1 N–H and O–H groups in total. The number of non-ortho nitro benzene ring substituents is 1. The third-order valence-electron chi connectivity index (χ3n) is 2.50. The Hall–Kier alpha value is -2.32. The summed E-state index contributed by atoms with van der Waals surface area (Å²) < 4.78 is 37.8. The van der Waals surface area contributed by atoms with E-state index in [-0.39, 0.29) is 16.9 Å². The third-order valence-corrected chi connectivity index (χ3v) is 2.50. The first-order valence-electron chi connectivity index (χ1n) is 5.20. The monoisotopic (exact) mass is 274 g/mol. The number of aryl methyl sites for hydroxylation is 1. The number of aromatic nitrogens is 2. The van der Waals surface area contributed by atoms with Gasteiger partial charge in [-0.2, -0.15) is 18.3 Å². The van der Waals surface area contributed by atoms with Gasteiger partial charge in [-0.25, -0.2) is 0 Å². The lowest BCUT2D eigenvalue weighted by Gasteiger charge is -2.06. The van der Waals surface area contributed by atoms with Gasteiger partial charge in [-0.05, 0) is 6.07 Å². The molecule has 102 valence electrons. The van der Waals surface area contributed by atoms with E-state index in [1.54, 1.807) is 7.05 Å². The Morgan fingerprint density at radius 1 is 1.47 bits per heavy atom. The fourth-order valence-electron chi connectivity index (χ4n) is 1.68. The van der Waals surface area contributed by atoms with Gasteiger partial charge in [0.15, 0.2) is 5.82 Å². The SMILES string of the molecule is Cn1nc(NCC(F)(F)F)c2cc([N+](=O)[O-])ccc21. The van der Waals surface area contributed by atoms with E-state index in [1.807, 2.05) is 0 Å². The molecule has 0 amide bonds. The van der Waals surface area contributed by atoms with Crippen LogP contribution in [0.15, 0.2) is 18.2 Å². The molecule has 1 aromatic carbocycles. The molecule has 0 aliphatic rings. The topological polar surface area (TPSA) is 73.0 Å². The second-order valence-electron chi connectivity index (χ2n) is 3.90. The van der Waals surface area contributed by atoms with E-state index in [0.29, 0.717) is 5.52 Å². The number of fused-ring (bicyclic) bond motifs is 1. The summed E-state index contributed by atoms with van der Waals surface area (Å²) in [6.45, 7) is -1.25. The number of hydrogen-bond donors (Lipinski definition) is 1. The van der Waals surface area contributed by atoms with E-state index in [2.05, 4.69) is 10.4 Å². The molecular weight excluding hydrogens is 265 g/mol. The minimum Gasteiger partial charge on any atom is -0.359 e. The molecule has 0 atom stereocenters. The van der Waals surface area contributed by atoms with Crippen molar-refractivity contribution in [3.05, 3.63) is 28.3 Å². The molecule has 9 heteroatoms. The molecule has 0 saturated carbocycles. The van der Waals surface area contributed by atoms with E-state index in [1.165, 1.54) is 22.9 Å². The molecule has 6 nitrogen and oxygen atoms in total. The fourth-order valence-corrected chi connectivity index (χ4v) is 1.68. The van der Waals surface area contributed by atoms with E-state index < -0.39 is 17.6 Å². The summed E-state index contributed by atoms with van der Waals surface area (Å²) in [6.07, 6.45) is -4.38. The van der Waals surface area contributed by atoms with Gasteiger partial charge in [-0.3, -0.25) is 14.8 Å². The van der Waals surface area contributed by atoms with Gasteiger partial charge in [0.2, 0.25) is 0 Å². The summed E-state index contributed by atoms with van der Waals surface area (Å²) in [5.74, 6) is -0.0291. The zero-order chi connectivity index (χ0) is 14.2. The van der Waals surface area contributed by atoms with Crippen molar-refractivity contribution in [2.24, 2.45) is 7.05 Å². The Morgan fingerprint density at radius 3 is 2.74 bits per heavy atom. The first-order chi connectivity index (χ1) is 8.78. The highest BCUT2D eigenvalue weighted by Gasteiger charge is 2.27. The predicted molar refractivity (Wildman–Crippen MR) is 61.9 cm³/mol. The van der Waals surface area contributed by atoms with Gasteiger partial charge in [0.1, 0.15) is 6.54 Å². The molecule has 1 aromatic heterocycles. The lowest BCUT2D eigenvalue weighted by atomic mass is 10.2. The van der Waals surface area contributed by atoms with Gasteiger partial charge >= 0.3 is 6.18 Å².